The van der Waals surface area contributed by atoms with Crippen LogP contribution in [0, 0.1) is 5.92 Å². The first-order valence-corrected chi connectivity index (χ1v) is 8.85. The van der Waals surface area contributed by atoms with Gasteiger partial charge in [0.1, 0.15) is 0 Å². The Kier molecular flexibility index (Phi) is 4.90. The van der Waals surface area contributed by atoms with E-state index in [2.05, 4.69) is 42.4 Å². The smallest absolute Gasteiger partial charge is 0.193 e. The molecule has 0 saturated carbocycles. The second kappa shape index (κ2) is 6.91. The maximum Gasteiger partial charge on any atom is 0.193 e. The Bertz CT molecular complexity index is 580. The average molecular weight is 315 g/mol. The summed E-state index contributed by atoms with van der Waals surface area (Å²) >= 11 is 0. The number of fused-ring (bicyclic) bond motifs is 1. The molecule has 1 heterocycles. The maximum atomic E-state index is 6.13. The van der Waals surface area contributed by atoms with E-state index < -0.39 is 0 Å². The number of anilines is 1. The highest BCUT2D eigenvalue weighted by atomic mass is 16.5. The van der Waals surface area contributed by atoms with Crippen LogP contribution in [-0.2, 0) is 17.6 Å². The summed E-state index contributed by atoms with van der Waals surface area (Å²) < 4.78 is 5.76. The van der Waals surface area contributed by atoms with Crippen LogP contribution < -0.4 is 11.1 Å². The molecule has 3 N–H and O–H groups in total. The van der Waals surface area contributed by atoms with E-state index in [4.69, 9.17) is 10.5 Å². The van der Waals surface area contributed by atoms with Gasteiger partial charge in [0.25, 0.3) is 0 Å². The van der Waals surface area contributed by atoms with Gasteiger partial charge < -0.3 is 15.8 Å². The minimum atomic E-state index is -0.0286. The Morgan fingerprint density at radius 2 is 2.17 bits per heavy atom. The van der Waals surface area contributed by atoms with Crippen molar-refractivity contribution in [2.45, 2.75) is 58.0 Å². The fraction of sp³-hybridized carbons (Fsp3) is 0.632. The number of nitrogens with two attached hydrogens (primary N) is 1. The third-order valence-electron chi connectivity index (χ3n) is 4.98. The predicted octanol–water partition coefficient (Wildman–Crippen LogP) is 3.50. The summed E-state index contributed by atoms with van der Waals surface area (Å²) in [6.07, 6.45) is 6.99. The van der Waals surface area contributed by atoms with Crippen molar-refractivity contribution in [2.75, 3.05) is 18.5 Å². The lowest BCUT2D eigenvalue weighted by Crippen LogP contribution is -2.35. The molecule has 1 aliphatic carbocycles. The van der Waals surface area contributed by atoms with Crippen molar-refractivity contribution in [3.63, 3.8) is 0 Å². The van der Waals surface area contributed by atoms with Gasteiger partial charge in [-0.15, -0.1) is 0 Å². The minimum Gasteiger partial charge on any atom is -0.376 e. The number of rotatable bonds is 3. The summed E-state index contributed by atoms with van der Waals surface area (Å²) in [5.41, 5.74) is 10.1. The highest BCUT2D eigenvalue weighted by Gasteiger charge is 2.28. The van der Waals surface area contributed by atoms with Gasteiger partial charge in [0.2, 0.25) is 0 Å². The number of nitrogens with zero attached hydrogens (tertiary/aromatic N) is 1. The molecule has 0 radical (unpaired) electrons. The lowest BCUT2D eigenvalue weighted by Gasteiger charge is -2.34. The largest absolute Gasteiger partial charge is 0.376 e. The summed E-state index contributed by atoms with van der Waals surface area (Å²) in [5.74, 6) is 1.09. The molecule has 0 aromatic heterocycles. The zero-order valence-corrected chi connectivity index (χ0v) is 14.4. The van der Waals surface area contributed by atoms with Gasteiger partial charge in [-0.3, -0.25) is 4.99 Å². The highest BCUT2D eigenvalue weighted by molar-refractivity contribution is 5.93. The molecule has 1 saturated heterocycles. The van der Waals surface area contributed by atoms with Crippen molar-refractivity contribution in [1.82, 2.24) is 0 Å². The van der Waals surface area contributed by atoms with Crippen LogP contribution in [0.25, 0.3) is 0 Å². The SMILES string of the molecule is CC1(C)CC(CN=C(N)Nc2cccc3c2CCCC3)CCO1. The first-order chi connectivity index (χ1) is 11.0. The molecule has 126 valence electrons. The number of aryl methyl sites for hydroxylation is 1. The van der Waals surface area contributed by atoms with Crippen LogP contribution >= 0.6 is 0 Å². The molecular formula is C19H29N3O. The van der Waals surface area contributed by atoms with Gasteiger partial charge in [-0.1, -0.05) is 12.1 Å². The number of ether oxygens (including phenoxy) is 1. The zero-order chi connectivity index (χ0) is 16.3. The monoisotopic (exact) mass is 315 g/mol. The third-order valence-corrected chi connectivity index (χ3v) is 4.98. The van der Waals surface area contributed by atoms with Crippen LogP contribution in [0.5, 0.6) is 0 Å². The van der Waals surface area contributed by atoms with Gasteiger partial charge in [-0.25, -0.2) is 0 Å². The summed E-state index contributed by atoms with van der Waals surface area (Å²) in [5, 5.41) is 3.33. The van der Waals surface area contributed by atoms with E-state index in [0.717, 1.165) is 38.1 Å². The van der Waals surface area contributed by atoms with Gasteiger partial charge in [-0.2, -0.15) is 0 Å². The second-order valence-corrected chi connectivity index (χ2v) is 7.47. The van der Waals surface area contributed by atoms with Crippen molar-refractivity contribution in [2.24, 2.45) is 16.6 Å². The molecule has 1 fully saturated rings. The first-order valence-electron chi connectivity index (χ1n) is 8.85. The summed E-state index contributed by atoms with van der Waals surface area (Å²) in [7, 11) is 0. The number of benzene rings is 1. The van der Waals surface area contributed by atoms with Crippen molar-refractivity contribution in [1.29, 1.82) is 0 Å². The van der Waals surface area contributed by atoms with Crippen molar-refractivity contribution in [3.05, 3.63) is 29.3 Å². The molecule has 23 heavy (non-hydrogen) atoms. The van der Waals surface area contributed by atoms with Crippen molar-refractivity contribution >= 4 is 11.6 Å². The molecule has 1 aliphatic heterocycles. The van der Waals surface area contributed by atoms with Crippen LogP contribution in [0.4, 0.5) is 5.69 Å². The summed E-state index contributed by atoms with van der Waals surface area (Å²) in [6, 6.07) is 6.46. The van der Waals surface area contributed by atoms with E-state index in [9.17, 15) is 0 Å². The van der Waals surface area contributed by atoms with Crippen LogP contribution in [0.15, 0.2) is 23.2 Å². The normalized spacial score (nSPS) is 24.1. The quantitative estimate of drug-likeness (QED) is 0.663. The van der Waals surface area contributed by atoms with E-state index in [-0.39, 0.29) is 5.60 Å². The van der Waals surface area contributed by atoms with Crippen molar-refractivity contribution in [3.8, 4) is 0 Å². The van der Waals surface area contributed by atoms with E-state index in [1.807, 2.05) is 0 Å². The number of aliphatic imine (C=N–C) groups is 1. The van der Waals surface area contributed by atoms with Gasteiger partial charge in [-0.05, 0) is 75.5 Å². The summed E-state index contributed by atoms with van der Waals surface area (Å²) in [4.78, 5) is 4.59. The van der Waals surface area contributed by atoms with Gasteiger partial charge in [0.05, 0.1) is 5.60 Å². The zero-order valence-electron chi connectivity index (χ0n) is 14.4. The Balaban J connectivity index is 1.62. The molecule has 4 heteroatoms. The molecule has 4 nitrogen and oxygen atoms in total. The van der Waals surface area contributed by atoms with Gasteiger partial charge in [0, 0.05) is 18.8 Å². The van der Waals surface area contributed by atoms with E-state index >= 15 is 0 Å². The topological polar surface area (TPSA) is 59.6 Å². The molecule has 0 amide bonds. The third kappa shape index (κ3) is 4.25. The van der Waals surface area contributed by atoms with Crippen LogP contribution in [0.1, 0.15) is 50.7 Å². The molecule has 3 rings (SSSR count). The van der Waals surface area contributed by atoms with E-state index in [1.165, 1.54) is 30.4 Å². The second-order valence-electron chi connectivity index (χ2n) is 7.47. The Labute approximate surface area is 139 Å². The van der Waals surface area contributed by atoms with Gasteiger partial charge in [0.15, 0.2) is 5.96 Å². The Hall–Kier alpha value is -1.55. The van der Waals surface area contributed by atoms with Crippen LogP contribution in [0.2, 0.25) is 0 Å². The standard InChI is InChI=1S/C19H29N3O/c1-19(2)12-14(10-11-23-19)13-21-18(20)22-17-9-5-7-15-6-3-4-8-16(15)17/h5,7,9,14H,3-4,6,8,10-13H2,1-2H3,(H3,20,21,22). The van der Waals surface area contributed by atoms with Crippen LogP contribution in [-0.4, -0.2) is 24.7 Å². The average Bonchev–Trinajstić information content (AvgIpc) is 2.52. The number of nitrogens with one attached hydrogen (secondary N) is 1. The molecule has 1 unspecified atom stereocenters. The fourth-order valence-corrected chi connectivity index (χ4v) is 3.82. The molecule has 0 spiro atoms. The fourth-order valence-electron chi connectivity index (χ4n) is 3.82. The Morgan fingerprint density at radius 1 is 1.35 bits per heavy atom. The van der Waals surface area contributed by atoms with E-state index in [0.29, 0.717) is 11.9 Å². The first kappa shape index (κ1) is 16.3. The minimum absolute atomic E-state index is 0.0286. The number of hydrogen-bond acceptors (Lipinski definition) is 2. The Morgan fingerprint density at radius 3 is 3.00 bits per heavy atom. The lowest BCUT2D eigenvalue weighted by atomic mass is 9.88. The summed E-state index contributed by atoms with van der Waals surface area (Å²) in [6.45, 7) is 5.91. The molecule has 0 bridgehead atoms. The van der Waals surface area contributed by atoms with Gasteiger partial charge >= 0.3 is 0 Å². The number of guanidine groups is 1. The molecular weight excluding hydrogens is 286 g/mol. The van der Waals surface area contributed by atoms with E-state index in [1.54, 1.807) is 0 Å². The number of hydrogen-bond donors (Lipinski definition) is 2. The molecule has 1 atom stereocenters. The molecule has 1 aromatic carbocycles. The predicted molar refractivity (Wildman–Crippen MR) is 96.0 cm³/mol. The van der Waals surface area contributed by atoms with Crippen LogP contribution in [0.3, 0.4) is 0 Å². The maximum absolute atomic E-state index is 6.13. The molecule has 1 aromatic rings. The lowest BCUT2D eigenvalue weighted by molar-refractivity contribution is -0.0705. The molecule has 2 aliphatic rings. The van der Waals surface area contributed by atoms with Crippen molar-refractivity contribution < 1.29 is 4.74 Å². The highest BCUT2D eigenvalue weighted by Crippen LogP contribution is 2.29.